The molecular weight excluding hydrogens is 496 g/mol. The number of phenolic OH excluding ortho intramolecular Hbond substituents is 1. The Balaban J connectivity index is 2.19. The highest BCUT2D eigenvalue weighted by Crippen LogP contribution is 2.12. The number of hydrogen-bond acceptors (Lipinski definition) is 8. The number of aliphatic carboxylic acids is 1. The van der Waals surface area contributed by atoms with Crippen LogP contribution < -0.4 is 21.7 Å². The van der Waals surface area contributed by atoms with Crippen molar-refractivity contribution in [3.63, 3.8) is 0 Å². The summed E-state index contributed by atoms with van der Waals surface area (Å²) in [4.78, 5) is 50.4. The molecular formula is C26H34N4O8. The molecule has 0 spiro atoms. The Bertz CT molecular complexity index is 1090. The molecule has 0 heterocycles. The van der Waals surface area contributed by atoms with Crippen molar-refractivity contribution in [1.82, 2.24) is 16.0 Å². The number of rotatable bonds is 13. The molecule has 12 heteroatoms. The van der Waals surface area contributed by atoms with Crippen LogP contribution >= 0.6 is 0 Å². The van der Waals surface area contributed by atoms with E-state index in [2.05, 4.69) is 16.0 Å². The zero-order chi connectivity index (χ0) is 28.4. The highest BCUT2D eigenvalue weighted by molar-refractivity contribution is 5.94. The van der Waals surface area contributed by atoms with E-state index in [9.17, 15) is 39.6 Å². The van der Waals surface area contributed by atoms with Crippen molar-refractivity contribution in [1.29, 1.82) is 0 Å². The Morgan fingerprint density at radius 2 is 1.26 bits per heavy atom. The third kappa shape index (κ3) is 9.14. The first-order valence-electron chi connectivity index (χ1n) is 12.0. The largest absolute Gasteiger partial charge is 0.508 e. The van der Waals surface area contributed by atoms with E-state index in [1.165, 1.54) is 38.1 Å². The first kappa shape index (κ1) is 30.2. The predicted octanol–water partition coefficient (Wildman–Crippen LogP) is -1.19. The number of carboxylic acid groups (broad SMARTS) is 1. The van der Waals surface area contributed by atoms with E-state index in [1.54, 1.807) is 30.3 Å². The fourth-order valence-electron chi connectivity index (χ4n) is 3.53. The Morgan fingerprint density at radius 1 is 0.737 bits per heavy atom. The van der Waals surface area contributed by atoms with Gasteiger partial charge in [0.2, 0.25) is 17.7 Å². The van der Waals surface area contributed by atoms with Gasteiger partial charge in [0, 0.05) is 12.8 Å². The number of carboxylic acids is 1. The topological polar surface area (TPSA) is 211 Å². The molecule has 0 aromatic heterocycles. The molecule has 0 saturated carbocycles. The van der Waals surface area contributed by atoms with E-state index in [4.69, 9.17) is 5.73 Å². The van der Waals surface area contributed by atoms with Crippen molar-refractivity contribution in [3.05, 3.63) is 65.7 Å². The molecule has 0 radical (unpaired) electrons. The van der Waals surface area contributed by atoms with Gasteiger partial charge in [-0.3, -0.25) is 14.4 Å². The fraction of sp³-hybridized carbons (Fsp3) is 0.385. The van der Waals surface area contributed by atoms with Gasteiger partial charge in [0.05, 0.1) is 12.2 Å². The first-order valence-corrected chi connectivity index (χ1v) is 12.0. The van der Waals surface area contributed by atoms with E-state index in [-0.39, 0.29) is 18.6 Å². The molecule has 6 atom stereocenters. The van der Waals surface area contributed by atoms with Gasteiger partial charge in [-0.15, -0.1) is 0 Å². The van der Waals surface area contributed by atoms with Gasteiger partial charge in [0.15, 0.2) is 0 Å². The van der Waals surface area contributed by atoms with Crippen LogP contribution in [-0.4, -0.2) is 80.5 Å². The number of nitrogens with two attached hydrogens (primary N) is 1. The normalized spacial score (nSPS) is 15.7. The SMILES string of the molecule is CC(O)C(N)C(=O)NC(Cc1ccccc1)C(=O)NC(C(=O)NC(Cc1ccc(O)cc1)C(=O)O)C(C)O. The van der Waals surface area contributed by atoms with Crippen molar-refractivity contribution < 1.29 is 39.6 Å². The molecule has 0 aliphatic rings. The van der Waals surface area contributed by atoms with Crippen LogP contribution in [0.25, 0.3) is 0 Å². The summed E-state index contributed by atoms with van der Waals surface area (Å²) >= 11 is 0. The number of hydrogen-bond donors (Lipinski definition) is 8. The second-order valence-corrected chi connectivity index (χ2v) is 9.01. The molecule has 38 heavy (non-hydrogen) atoms. The lowest BCUT2D eigenvalue weighted by Gasteiger charge is -2.27. The van der Waals surface area contributed by atoms with Gasteiger partial charge in [0.25, 0.3) is 0 Å². The van der Waals surface area contributed by atoms with E-state index in [0.717, 1.165) is 0 Å². The smallest absolute Gasteiger partial charge is 0.326 e. The van der Waals surface area contributed by atoms with Crippen LogP contribution in [0.4, 0.5) is 0 Å². The molecule has 9 N–H and O–H groups in total. The van der Waals surface area contributed by atoms with Gasteiger partial charge >= 0.3 is 5.97 Å². The van der Waals surface area contributed by atoms with Gasteiger partial charge in [-0.2, -0.15) is 0 Å². The number of amides is 3. The third-order valence-corrected chi connectivity index (χ3v) is 5.79. The number of benzene rings is 2. The molecule has 6 unspecified atom stereocenters. The highest BCUT2D eigenvalue weighted by Gasteiger charge is 2.33. The Labute approximate surface area is 219 Å². The number of phenols is 1. The van der Waals surface area contributed by atoms with Crippen LogP contribution in [0.2, 0.25) is 0 Å². The summed E-state index contributed by atoms with van der Waals surface area (Å²) in [7, 11) is 0. The Hall–Kier alpha value is -4.00. The Kier molecular flexibility index (Phi) is 11.2. The fourth-order valence-corrected chi connectivity index (χ4v) is 3.53. The maximum atomic E-state index is 13.2. The minimum absolute atomic E-state index is 0.00640. The van der Waals surface area contributed by atoms with Crippen LogP contribution in [0.3, 0.4) is 0 Å². The molecule has 0 aliphatic carbocycles. The average Bonchev–Trinajstić information content (AvgIpc) is 2.87. The van der Waals surface area contributed by atoms with Crippen LogP contribution in [0, 0.1) is 0 Å². The quantitative estimate of drug-likeness (QED) is 0.156. The molecule has 0 saturated heterocycles. The second-order valence-electron chi connectivity index (χ2n) is 9.01. The average molecular weight is 531 g/mol. The van der Waals surface area contributed by atoms with E-state index in [0.29, 0.717) is 11.1 Å². The maximum Gasteiger partial charge on any atom is 0.326 e. The van der Waals surface area contributed by atoms with Crippen LogP contribution in [0.15, 0.2) is 54.6 Å². The van der Waals surface area contributed by atoms with Crippen molar-refractivity contribution in [2.24, 2.45) is 5.73 Å². The zero-order valence-corrected chi connectivity index (χ0v) is 21.1. The molecule has 0 aliphatic heterocycles. The lowest BCUT2D eigenvalue weighted by atomic mass is 10.0. The van der Waals surface area contributed by atoms with E-state index in [1.807, 2.05) is 0 Å². The third-order valence-electron chi connectivity index (χ3n) is 5.79. The summed E-state index contributed by atoms with van der Waals surface area (Å²) in [6, 6.07) is 8.95. The summed E-state index contributed by atoms with van der Waals surface area (Å²) in [6.07, 6.45) is -2.72. The highest BCUT2D eigenvalue weighted by atomic mass is 16.4. The number of aromatic hydroxyl groups is 1. The number of aliphatic hydroxyl groups excluding tert-OH is 2. The molecule has 12 nitrogen and oxygen atoms in total. The summed E-state index contributed by atoms with van der Waals surface area (Å²) in [5, 5.41) is 46.0. The molecule has 2 aromatic rings. The van der Waals surface area contributed by atoms with Crippen molar-refractivity contribution in [2.45, 2.75) is 63.1 Å². The van der Waals surface area contributed by atoms with Gasteiger partial charge in [-0.1, -0.05) is 42.5 Å². The van der Waals surface area contributed by atoms with Crippen molar-refractivity contribution in [2.75, 3.05) is 0 Å². The standard InChI is InChI=1S/C26H34N4O8/c1-14(31)21(27)24(35)28-19(12-16-6-4-3-5-7-16)23(34)30-22(15(2)32)25(36)29-20(26(37)38)13-17-8-10-18(33)11-9-17/h3-11,14-15,19-22,31-33H,12-13,27H2,1-2H3,(H,28,35)(H,29,36)(H,30,34)(H,37,38). The second kappa shape index (κ2) is 14.1. The summed E-state index contributed by atoms with van der Waals surface area (Å²) in [5.74, 6) is -3.93. The molecule has 0 bridgehead atoms. The van der Waals surface area contributed by atoms with Crippen molar-refractivity contribution in [3.8, 4) is 5.75 Å². The van der Waals surface area contributed by atoms with Crippen molar-refractivity contribution >= 4 is 23.7 Å². The molecule has 2 aromatic carbocycles. The summed E-state index contributed by atoms with van der Waals surface area (Å²) in [6.45, 7) is 2.57. The van der Waals surface area contributed by atoms with Crippen LogP contribution in [0.1, 0.15) is 25.0 Å². The van der Waals surface area contributed by atoms with E-state index < -0.39 is 60.1 Å². The molecule has 206 valence electrons. The lowest BCUT2D eigenvalue weighted by Crippen LogP contribution is -2.61. The van der Waals surface area contributed by atoms with Crippen LogP contribution in [-0.2, 0) is 32.0 Å². The monoisotopic (exact) mass is 530 g/mol. The minimum Gasteiger partial charge on any atom is -0.508 e. The van der Waals surface area contributed by atoms with Gasteiger partial charge in [-0.25, -0.2) is 4.79 Å². The van der Waals surface area contributed by atoms with Crippen LogP contribution in [0.5, 0.6) is 5.75 Å². The van der Waals surface area contributed by atoms with E-state index >= 15 is 0 Å². The van der Waals surface area contributed by atoms with Gasteiger partial charge in [-0.05, 0) is 37.1 Å². The lowest BCUT2D eigenvalue weighted by molar-refractivity contribution is -0.143. The van der Waals surface area contributed by atoms with Gasteiger partial charge in [0.1, 0.15) is 29.9 Å². The first-order chi connectivity index (χ1) is 17.9. The maximum absolute atomic E-state index is 13.2. The number of aliphatic hydroxyl groups is 2. The summed E-state index contributed by atoms with van der Waals surface area (Å²) in [5.41, 5.74) is 6.89. The minimum atomic E-state index is -1.55. The number of nitrogens with one attached hydrogen (secondary N) is 3. The van der Waals surface area contributed by atoms with Gasteiger partial charge < -0.3 is 42.1 Å². The molecule has 0 fully saturated rings. The Morgan fingerprint density at radius 3 is 1.79 bits per heavy atom. The number of carbonyl (C=O) groups is 4. The summed E-state index contributed by atoms with van der Waals surface area (Å²) < 4.78 is 0. The predicted molar refractivity (Wildman–Crippen MR) is 137 cm³/mol. The molecule has 3 amide bonds. The molecule has 2 rings (SSSR count). The number of carbonyl (C=O) groups excluding carboxylic acids is 3. The zero-order valence-electron chi connectivity index (χ0n) is 21.1.